The number of carbonyl (C=O) groups excluding carboxylic acids is 1. The molecule has 2 heterocycles. The van der Waals surface area contributed by atoms with Gasteiger partial charge in [-0.25, -0.2) is 14.2 Å². The van der Waals surface area contributed by atoms with E-state index in [9.17, 15) is 9.18 Å². The summed E-state index contributed by atoms with van der Waals surface area (Å²) in [6, 6.07) is 14.6. The van der Waals surface area contributed by atoms with Crippen LogP contribution >= 0.6 is 11.8 Å². The molecule has 4 aromatic rings. The van der Waals surface area contributed by atoms with Crippen molar-refractivity contribution in [1.29, 1.82) is 0 Å². The van der Waals surface area contributed by atoms with Gasteiger partial charge in [0.25, 0.3) is 5.78 Å². The minimum atomic E-state index is -0.400. The topological polar surface area (TPSA) is 84.2 Å². The molecule has 0 saturated heterocycles. The molecule has 0 fully saturated rings. The summed E-state index contributed by atoms with van der Waals surface area (Å²) >= 11 is 1.54. The Bertz CT molecular complexity index is 1140. The van der Waals surface area contributed by atoms with Crippen molar-refractivity contribution in [2.24, 2.45) is 0 Å². The maximum absolute atomic E-state index is 12.9. The van der Waals surface area contributed by atoms with Gasteiger partial charge in [0.05, 0.1) is 0 Å². The van der Waals surface area contributed by atoms with Crippen LogP contribution in [0.1, 0.15) is 12.6 Å². The van der Waals surface area contributed by atoms with Gasteiger partial charge in [-0.2, -0.15) is 14.6 Å². The first-order valence-corrected chi connectivity index (χ1v) is 9.73. The van der Waals surface area contributed by atoms with E-state index in [1.165, 1.54) is 42.4 Å². The number of halogens is 1. The fraction of sp³-hybridized carbons (Fsp3) is 0.100. The molecule has 4 rings (SSSR count). The second-order valence-corrected chi connectivity index (χ2v) is 7.22. The van der Waals surface area contributed by atoms with Crippen LogP contribution in [0.2, 0.25) is 0 Å². The highest BCUT2D eigenvalue weighted by Crippen LogP contribution is 2.29. The number of rotatable bonds is 5. The Morgan fingerprint density at radius 2 is 1.72 bits per heavy atom. The normalized spacial score (nSPS) is 10.8. The van der Waals surface area contributed by atoms with E-state index in [1.807, 2.05) is 37.3 Å². The van der Waals surface area contributed by atoms with Crippen molar-refractivity contribution < 1.29 is 9.18 Å². The number of hydrogen-bond donors (Lipinski definition) is 2. The van der Waals surface area contributed by atoms with Gasteiger partial charge in [0.15, 0.2) is 0 Å². The van der Waals surface area contributed by atoms with Gasteiger partial charge in [-0.3, -0.25) is 0 Å². The molecule has 0 spiro atoms. The number of carbonyl (C=O) groups is 1. The number of benzene rings is 2. The number of nitrogens with one attached hydrogen (secondary N) is 2. The van der Waals surface area contributed by atoms with Crippen LogP contribution in [-0.4, -0.2) is 25.6 Å². The smallest absolute Gasteiger partial charge is 0.308 e. The Morgan fingerprint density at radius 3 is 2.38 bits per heavy atom. The Morgan fingerprint density at radius 1 is 1.07 bits per heavy atom. The van der Waals surface area contributed by atoms with Gasteiger partial charge in [0, 0.05) is 22.0 Å². The van der Waals surface area contributed by atoms with Crippen molar-refractivity contribution in [3.63, 3.8) is 0 Å². The summed E-state index contributed by atoms with van der Waals surface area (Å²) in [5.74, 6) is 0.218. The first-order valence-electron chi connectivity index (χ1n) is 8.92. The average molecular weight is 408 g/mol. The lowest BCUT2D eigenvalue weighted by Gasteiger charge is -2.09. The van der Waals surface area contributed by atoms with Crippen LogP contribution in [-0.2, 0) is 6.42 Å². The molecule has 7 nitrogen and oxygen atoms in total. The number of amides is 2. The lowest BCUT2D eigenvalue weighted by Crippen LogP contribution is -2.19. The molecule has 0 radical (unpaired) electrons. The lowest BCUT2D eigenvalue weighted by atomic mass is 10.3. The summed E-state index contributed by atoms with van der Waals surface area (Å²) in [5.41, 5.74) is 2.10. The molecule has 0 atom stereocenters. The molecule has 2 amide bonds. The lowest BCUT2D eigenvalue weighted by molar-refractivity contribution is 0.262. The molecule has 146 valence electrons. The molecule has 2 aromatic carbocycles. The summed E-state index contributed by atoms with van der Waals surface area (Å²) in [5, 5.41) is 10.5. The van der Waals surface area contributed by atoms with Gasteiger partial charge >= 0.3 is 6.03 Å². The van der Waals surface area contributed by atoms with E-state index in [2.05, 4.69) is 25.7 Å². The molecule has 0 bridgehead atoms. The van der Waals surface area contributed by atoms with Crippen LogP contribution < -0.4 is 10.6 Å². The van der Waals surface area contributed by atoms with E-state index in [0.29, 0.717) is 17.2 Å². The van der Waals surface area contributed by atoms with E-state index >= 15 is 0 Å². The molecule has 2 aromatic heterocycles. The molecular weight excluding hydrogens is 391 g/mol. The number of aryl methyl sites for hydroxylation is 1. The zero-order chi connectivity index (χ0) is 20.2. The van der Waals surface area contributed by atoms with Gasteiger partial charge in [-0.05, 0) is 61.0 Å². The van der Waals surface area contributed by atoms with Crippen molar-refractivity contribution in [3.05, 3.63) is 72.4 Å². The SMILES string of the molecule is CCc1cc(Sc2ccc(NC(=O)Nc3ccc(F)cc3)cc2)n2ncnc2n1. The third kappa shape index (κ3) is 4.52. The predicted molar refractivity (Wildman–Crippen MR) is 110 cm³/mol. The average Bonchev–Trinajstić information content (AvgIpc) is 3.20. The van der Waals surface area contributed by atoms with Crippen LogP contribution in [0, 0.1) is 5.82 Å². The van der Waals surface area contributed by atoms with Crippen molar-refractivity contribution in [1.82, 2.24) is 19.6 Å². The highest BCUT2D eigenvalue weighted by atomic mass is 32.2. The molecule has 0 saturated carbocycles. The number of nitrogens with zero attached hydrogens (tertiary/aromatic N) is 4. The van der Waals surface area contributed by atoms with Crippen LogP contribution in [0.3, 0.4) is 0 Å². The van der Waals surface area contributed by atoms with Crippen LogP contribution in [0.15, 0.2) is 70.8 Å². The summed E-state index contributed by atoms with van der Waals surface area (Å²) in [4.78, 5) is 21.7. The largest absolute Gasteiger partial charge is 0.323 e. The van der Waals surface area contributed by atoms with Crippen LogP contribution in [0.4, 0.5) is 20.6 Å². The standard InChI is InChI=1S/C20H17FN6OS/c1-2-14-11-18(27-19(24-14)22-12-23-27)29-17-9-7-16(8-10-17)26-20(28)25-15-5-3-13(21)4-6-15/h3-12H,2H2,1H3,(H2,25,26,28). The second-order valence-electron chi connectivity index (χ2n) is 6.12. The summed E-state index contributed by atoms with van der Waals surface area (Å²) in [7, 11) is 0. The zero-order valence-corrected chi connectivity index (χ0v) is 16.3. The highest BCUT2D eigenvalue weighted by molar-refractivity contribution is 7.99. The number of urea groups is 1. The minimum Gasteiger partial charge on any atom is -0.308 e. The Hall–Kier alpha value is -3.46. The van der Waals surface area contributed by atoms with Crippen molar-refractivity contribution in [2.75, 3.05) is 10.6 Å². The van der Waals surface area contributed by atoms with E-state index in [1.54, 1.807) is 4.52 Å². The van der Waals surface area contributed by atoms with Gasteiger partial charge in [-0.1, -0.05) is 18.7 Å². The fourth-order valence-electron chi connectivity index (χ4n) is 2.64. The van der Waals surface area contributed by atoms with Gasteiger partial charge in [-0.15, -0.1) is 0 Å². The minimum absolute atomic E-state index is 0.354. The van der Waals surface area contributed by atoms with Crippen molar-refractivity contribution >= 4 is 34.9 Å². The van der Waals surface area contributed by atoms with E-state index in [0.717, 1.165) is 22.0 Å². The Balaban J connectivity index is 1.43. The summed E-state index contributed by atoms with van der Waals surface area (Å²) in [6.07, 6.45) is 2.29. The van der Waals surface area contributed by atoms with Gasteiger partial charge in [0.2, 0.25) is 0 Å². The van der Waals surface area contributed by atoms with Crippen molar-refractivity contribution in [3.8, 4) is 0 Å². The first kappa shape index (κ1) is 18.9. The maximum Gasteiger partial charge on any atom is 0.323 e. The molecular formula is C20H17FN6OS. The monoisotopic (exact) mass is 408 g/mol. The third-order valence-electron chi connectivity index (χ3n) is 4.07. The highest BCUT2D eigenvalue weighted by Gasteiger charge is 2.09. The summed E-state index contributed by atoms with van der Waals surface area (Å²) < 4.78 is 14.6. The number of hydrogen-bond acceptors (Lipinski definition) is 5. The number of anilines is 2. The van der Waals surface area contributed by atoms with E-state index in [-0.39, 0.29) is 5.82 Å². The maximum atomic E-state index is 12.9. The van der Waals surface area contributed by atoms with E-state index < -0.39 is 6.03 Å². The summed E-state index contributed by atoms with van der Waals surface area (Å²) in [6.45, 7) is 2.04. The molecule has 0 aliphatic rings. The Labute approximate surface area is 170 Å². The van der Waals surface area contributed by atoms with Crippen LogP contribution in [0.5, 0.6) is 0 Å². The van der Waals surface area contributed by atoms with Crippen molar-refractivity contribution in [2.45, 2.75) is 23.3 Å². The molecule has 2 N–H and O–H groups in total. The van der Waals surface area contributed by atoms with Gasteiger partial charge in [0.1, 0.15) is 17.2 Å². The number of aromatic nitrogens is 4. The molecule has 29 heavy (non-hydrogen) atoms. The Kier molecular flexibility index (Phi) is 5.39. The molecule has 0 aliphatic heterocycles. The third-order valence-corrected chi connectivity index (χ3v) is 5.08. The number of fused-ring (bicyclic) bond motifs is 1. The van der Waals surface area contributed by atoms with Gasteiger partial charge < -0.3 is 10.6 Å². The van der Waals surface area contributed by atoms with Crippen LogP contribution in [0.25, 0.3) is 5.78 Å². The fourth-order valence-corrected chi connectivity index (χ4v) is 3.56. The molecule has 0 aliphatic carbocycles. The first-order chi connectivity index (χ1) is 14.1. The predicted octanol–water partition coefficient (Wildman–Crippen LogP) is 4.62. The quantitative estimate of drug-likeness (QED) is 0.471. The zero-order valence-electron chi connectivity index (χ0n) is 15.5. The molecule has 9 heteroatoms. The second kappa shape index (κ2) is 8.27. The molecule has 0 unspecified atom stereocenters. The van der Waals surface area contributed by atoms with E-state index in [4.69, 9.17) is 0 Å².